The molecule has 1 aromatic rings. The molecule has 8 heteroatoms. The lowest BCUT2D eigenvalue weighted by atomic mass is 9.96. The average molecular weight is 395 g/mol. The highest BCUT2D eigenvalue weighted by Crippen LogP contribution is 2.33. The standard InChI is InChI=1S/C19H23ClN2O5/c1-3-27-19(25)12-5-4-8-21(11-12)15-10-17(23)22(18(15)24)13-6-7-16(26-2)14(20)9-13/h6-7,9,12,15H,3-5,8,10-11H2,1-2H3. The fourth-order valence-electron chi connectivity index (χ4n) is 3.71. The molecule has 2 heterocycles. The van der Waals surface area contributed by atoms with Gasteiger partial charge in [0.1, 0.15) is 5.75 Å². The Kier molecular flexibility index (Phi) is 6.01. The van der Waals surface area contributed by atoms with Crippen molar-refractivity contribution >= 4 is 35.1 Å². The lowest BCUT2D eigenvalue weighted by Gasteiger charge is -2.34. The summed E-state index contributed by atoms with van der Waals surface area (Å²) in [5.74, 6) is -0.580. The predicted octanol–water partition coefficient (Wildman–Crippen LogP) is 2.26. The van der Waals surface area contributed by atoms with Crippen molar-refractivity contribution in [3.8, 4) is 5.75 Å². The molecule has 2 aliphatic rings. The van der Waals surface area contributed by atoms with E-state index in [0.29, 0.717) is 36.2 Å². The Bertz CT molecular complexity index is 754. The second-order valence-corrected chi connectivity index (χ2v) is 7.10. The number of esters is 1. The predicted molar refractivity (Wildman–Crippen MR) is 99.8 cm³/mol. The topological polar surface area (TPSA) is 76.2 Å². The third kappa shape index (κ3) is 3.94. The number of halogens is 1. The van der Waals surface area contributed by atoms with Crippen LogP contribution in [0.25, 0.3) is 0 Å². The molecule has 2 aliphatic heterocycles. The number of carbonyl (C=O) groups is 3. The first-order valence-electron chi connectivity index (χ1n) is 9.07. The smallest absolute Gasteiger partial charge is 0.310 e. The van der Waals surface area contributed by atoms with E-state index >= 15 is 0 Å². The average Bonchev–Trinajstić information content (AvgIpc) is 2.96. The molecule has 7 nitrogen and oxygen atoms in total. The van der Waals surface area contributed by atoms with Gasteiger partial charge in [-0.25, -0.2) is 4.90 Å². The van der Waals surface area contributed by atoms with E-state index in [2.05, 4.69) is 0 Å². The number of methoxy groups -OCH3 is 1. The van der Waals surface area contributed by atoms with E-state index in [1.165, 1.54) is 12.0 Å². The Morgan fingerprint density at radius 2 is 2.11 bits per heavy atom. The Labute approximate surface area is 163 Å². The SMILES string of the molecule is CCOC(=O)C1CCCN(C2CC(=O)N(c3ccc(OC)c(Cl)c3)C2=O)C1. The van der Waals surface area contributed by atoms with Gasteiger partial charge in [0.25, 0.3) is 5.91 Å². The maximum atomic E-state index is 13.0. The third-order valence-corrected chi connectivity index (χ3v) is 5.33. The number of piperidine rings is 1. The minimum absolute atomic E-state index is 0.0953. The van der Waals surface area contributed by atoms with Crippen molar-refractivity contribution in [2.75, 3.05) is 31.7 Å². The fraction of sp³-hybridized carbons (Fsp3) is 0.526. The van der Waals surface area contributed by atoms with Crippen LogP contribution in [0.2, 0.25) is 5.02 Å². The second kappa shape index (κ2) is 8.27. The van der Waals surface area contributed by atoms with Gasteiger partial charge >= 0.3 is 5.97 Å². The number of hydrogen-bond acceptors (Lipinski definition) is 6. The summed E-state index contributed by atoms with van der Waals surface area (Å²) in [5, 5.41) is 0.333. The summed E-state index contributed by atoms with van der Waals surface area (Å²) in [6.45, 7) is 3.22. The maximum Gasteiger partial charge on any atom is 0.310 e. The zero-order valence-electron chi connectivity index (χ0n) is 15.4. The van der Waals surface area contributed by atoms with Crippen molar-refractivity contribution in [1.82, 2.24) is 4.90 Å². The maximum absolute atomic E-state index is 13.0. The summed E-state index contributed by atoms with van der Waals surface area (Å²) in [7, 11) is 1.50. The quantitative estimate of drug-likeness (QED) is 0.563. The molecular weight excluding hydrogens is 372 g/mol. The number of benzene rings is 1. The number of hydrogen-bond donors (Lipinski definition) is 0. The number of amides is 2. The molecule has 146 valence electrons. The van der Waals surface area contributed by atoms with Crippen molar-refractivity contribution in [3.63, 3.8) is 0 Å². The molecule has 0 saturated carbocycles. The molecule has 0 N–H and O–H groups in total. The highest BCUT2D eigenvalue weighted by Gasteiger charge is 2.44. The van der Waals surface area contributed by atoms with Crippen LogP contribution in [0.4, 0.5) is 5.69 Å². The van der Waals surface area contributed by atoms with E-state index in [1.807, 2.05) is 4.90 Å². The van der Waals surface area contributed by atoms with E-state index in [1.54, 1.807) is 25.1 Å². The Balaban J connectivity index is 1.75. The van der Waals surface area contributed by atoms with E-state index in [-0.39, 0.29) is 30.1 Å². The third-order valence-electron chi connectivity index (χ3n) is 5.03. The van der Waals surface area contributed by atoms with Crippen LogP contribution in [0.15, 0.2) is 18.2 Å². The summed E-state index contributed by atoms with van der Waals surface area (Å²) >= 11 is 6.14. The van der Waals surface area contributed by atoms with Crippen molar-refractivity contribution < 1.29 is 23.9 Å². The van der Waals surface area contributed by atoms with Crippen molar-refractivity contribution in [3.05, 3.63) is 23.2 Å². The lowest BCUT2D eigenvalue weighted by molar-refractivity contribution is -0.150. The molecule has 3 rings (SSSR count). The van der Waals surface area contributed by atoms with Crippen LogP contribution in [0, 0.1) is 5.92 Å². The molecule has 2 unspecified atom stereocenters. The van der Waals surface area contributed by atoms with E-state index < -0.39 is 6.04 Å². The molecule has 2 amide bonds. The summed E-state index contributed by atoms with van der Waals surface area (Å²) in [4.78, 5) is 40.6. The fourth-order valence-corrected chi connectivity index (χ4v) is 3.96. The van der Waals surface area contributed by atoms with Crippen molar-refractivity contribution in [1.29, 1.82) is 0 Å². The number of nitrogens with zero attached hydrogens (tertiary/aromatic N) is 2. The van der Waals surface area contributed by atoms with E-state index in [9.17, 15) is 14.4 Å². The molecule has 0 aromatic heterocycles. The second-order valence-electron chi connectivity index (χ2n) is 6.69. The normalized spacial score (nSPS) is 23.6. The van der Waals surface area contributed by atoms with Crippen LogP contribution in [0.5, 0.6) is 5.75 Å². The van der Waals surface area contributed by atoms with Gasteiger partial charge in [-0.3, -0.25) is 19.3 Å². The zero-order chi connectivity index (χ0) is 19.6. The van der Waals surface area contributed by atoms with Crippen LogP contribution in [-0.2, 0) is 19.1 Å². The molecule has 0 bridgehead atoms. The summed E-state index contributed by atoms with van der Waals surface area (Å²) in [6, 6.07) is 4.26. The highest BCUT2D eigenvalue weighted by molar-refractivity contribution is 6.33. The minimum Gasteiger partial charge on any atom is -0.495 e. The van der Waals surface area contributed by atoms with Gasteiger partial charge in [0.2, 0.25) is 5.91 Å². The van der Waals surface area contributed by atoms with Gasteiger partial charge < -0.3 is 9.47 Å². The Morgan fingerprint density at radius 3 is 2.78 bits per heavy atom. The number of rotatable bonds is 5. The molecule has 0 spiro atoms. The van der Waals surface area contributed by atoms with Gasteiger partial charge in [0.15, 0.2) is 0 Å². The highest BCUT2D eigenvalue weighted by atomic mass is 35.5. The summed E-state index contributed by atoms with van der Waals surface area (Å²) in [5.41, 5.74) is 0.428. The molecule has 2 fully saturated rings. The molecule has 1 aromatic carbocycles. The molecule has 2 atom stereocenters. The largest absolute Gasteiger partial charge is 0.495 e. The van der Waals surface area contributed by atoms with Gasteiger partial charge in [-0.1, -0.05) is 11.6 Å². The minimum atomic E-state index is -0.560. The molecule has 0 radical (unpaired) electrons. The van der Waals surface area contributed by atoms with Gasteiger partial charge in [-0.2, -0.15) is 0 Å². The number of likely N-dealkylation sites (tertiary alicyclic amines) is 1. The van der Waals surface area contributed by atoms with Crippen LogP contribution in [-0.4, -0.2) is 55.5 Å². The number of imide groups is 1. The first-order chi connectivity index (χ1) is 13.0. The van der Waals surface area contributed by atoms with Crippen LogP contribution in [0.1, 0.15) is 26.2 Å². The van der Waals surface area contributed by atoms with Gasteiger partial charge in [-0.15, -0.1) is 0 Å². The summed E-state index contributed by atoms with van der Waals surface area (Å²) < 4.78 is 10.2. The van der Waals surface area contributed by atoms with Crippen LogP contribution < -0.4 is 9.64 Å². The molecule has 27 heavy (non-hydrogen) atoms. The van der Waals surface area contributed by atoms with Crippen molar-refractivity contribution in [2.45, 2.75) is 32.2 Å². The Morgan fingerprint density at radius 1 is 1.33 bits per heavy atom. The van der Waals surface area contributed by atoms with Gasteiger partial charge in [0, 0.05) is 6.54 Å². The molecular formula is C19H23ClN2O5. The lowest BCUT2D eigenvalue weighted by Crippen LogP contribution is -2.48. The van der Waals surface area contributed by atoms with Crippen LogP contribution in [0.3, 0.4) is 0 Å². The van der Waals surface area contributed by atoms with Gasteiger partial charge in [-0.05, 0) is 44.5 Å². The molecule has 2 saturated heterocycles. The monoisotopic (exact) mass is 394 g/mol. The number of carbonyl (C=O) groups excluding carboxylic acids is 3. The van der Waals surface area contributed by atoms with E-state index in [0.717, 1.165) is 12.8 Å². The number of ether oxygens (including phenoxy) is 2. The molecule has 0 aliphatic carbocycles. The number of anilines is 1. The van der Waals surface area contributed by atoms with Crippen LogP contribution >= 0.6 is 11.6 Å². The zero-order valence-corrected chi connectivity index (χ0v) is 16.2. The van der Waals surface area contributed by atoms with Gasteiger partial charge in [0.05, 0.1) is 42.8 Å². The Hall–Kier alpha value is -2.12. The van der Waals surface area contributed by atoms with E-state index in [4.69, 9.17) is 21.1 Å². The van der Waals surface area contributed by atoms with Crippen molar-refractivity contribution in [2.24, 2.45) is 5.92 Å². The first kappa shape index (κ1) is 19.6. The first-order valence-corrected chi connectivity index (χ1v) is 9.45. The summed E-state index contributed by atoms with van der Waals surface area (Å²) in [6.07, 6.45) is 1.62.